The summed E-state index contributed by atoms with van der Waals surface area (Å²) >= 11 is 1.83. The maximum Gasteiger partial charge on any atom is 0.283 e. The van der Waals surface area contributed by atoms with Gasteiger partial charge < -0.3 is 5.32 Å². The Morgan fingerprint density at radius 1 is 1.26 bits per heavy atom. The molecule has 0 aromatic heterocycles. The number of nitrogens with zero attached hydrogens (tertiary/aromatic N) is 2. The van der Waals surface area contributed by atoms with Crippen LogP contribution in [0.4, 0.5) is 0 Å². The van der Waals surface area contributed by atoms with Gasteiger partial charge in [0.1, 0.15) is 5.71 Å². The van der Waals surface area contributed by atoms with Gasteiger partial charge >= 0.3 is 0 Å². The van der Waals surface area contributed by atoms with E-state index >= 15 is 0 Å². The SMILES string of the molecule is CC(C)(C)N1C(=O)C(=NCCSC2CCNC2)C(c2ccccc2)S1(=O)=O. The molecule has 0 bridgehead atoms. The van der Waals surface area contributed by atoms with Crippen LogP contribution >= 0.6 is 11.8 Å². The summed E-state index contributed by atoms with van der Waals surface area (Å²) in [5.41, 5.74) is -0.102. The fourth-order valence-electron chi connectivity index (χ4n) is 3.53. The van der Waals surface area contributed by atoms with Gasteiger partial charge in [0.15, 0.2) is 5.25 Å². The molecule has 1 aromatic carbocycles. The highest BCUT2D eigenvalue weighted by Crippen LogP contribution is 2.38. The first-order valence-corrected chi connectivity index (χ1v) is 11.8. The summed E-state index contributed by atoms with van der Waals surface area (Å²) in [7, 11) is -3.85. The van der Waals surface area contributed by atoms with E-state index in [4.69, 9.17) is 0 Å². The van der Waals surface area contributed by atoms with Crippen LogP contribution in [0.1, 0.15) is 38.0 Å². The number of carbonyl (C=O) groups excluding carboxylic acids is 1. The lowest BCUT2D eigenvalue weighted by atomic mass is 10.1. The fraction of sp³-hybridized carbons (Fsp3) is 0.579. The van der Waals surface area contributed by atoms with Crippen molar-refractivity contribution in [2.45, 2.75) is 43.2 Å². The minimum Gasteiger partial charge on any atom is -0.316 e. The van der Waals surface area contributed by atoms with Crippen molar-refractivity contribution in [1.29, 1.82) is 0 Å². The van der Waals surface area contributed by atoms with E-state index in [0.717, 1.165) is 29.6 Å². The molecule has 2 aliphatic rings. The Balaban J connectivity index is 1.88. The first kappa shape index (κ1) is 20.4. The monoisotopic (exact) mass is 409 g/mol. The van der Waals surface area contributed by atoms with Crippen molar-refractivity contribution >= 4 is 33.4 Å². The average molecular weight is 410 g/mol. The van der Waals surface area contributed by atoms with E-state index in [1.54, 1.807) is 45.0 Å². The van der Waals surface area contributed by atoms with Crippen molar-refractivity contribution in [3.63, 3.8) is 0 Å². The second-order valence-corrected chi connectivity index (χ2v) is 11.1. The maximum atomic E-state index is 13.2. The van der Waals surface area contributed by atoms with E-state index in [0.29, 0.717) is 17.4 Å². The van der Waals surface area contributed by atoms with Crippen molar-refractivity contribution < 1.29 is 13.2 Å². The van der Waals surface area contributed by atoms with Crippen molar-refractivity contribution in [1.82, 2.24) is 9.62 Å². The van der Waals surface area contributed by atoms with Crippen LogP contribution in [0.3, 0.4) is 0 Å². The molecule has 2 heterocycles. The van der Waals surface area contributed by atoms with E-state index in [9.17, 15) is 13.2 Å². The molecule has 3 rings (SSSR count). The van der Waals surface area contributed by atoms with E-state index in [2.05, 4.69) is 10.3 Å². The molecule has 2 fully saturated rings. The van der Waals surface area contributed by atoms with Gasteiger partial charge in [-0.1, -0.05) is 30.3 Å². The predicted octanol–water partition coefficient (Wildman–Crippen LogP) is 2.23. The molecule has 0 radical (unpaired) electrons. The van der Waals surface area contributed by atoms with Crippen molar-refractivity contribution in [3.05, 3.63) is 35.9 Å². The van der Waals surface area contributed by atoms with Gasteiger partial charge in [-0.05, 0) is 39.3 Å². The Hall–Kier alpha value is -1.38. The number of thioether (sulfide) groups is 1. The smallest absolute Gasteiger partial charge is 0.283 e. The molecule has 2 atom stereocenters. The molecule has 2 aliphatic heterocycles. The summed E-state index contributed by atoms with van der Waals surface area (Å²) < 4.78 is 27.4. The molecule has 0 aliphatic carbocycles. The molecular weight excluding hydrogens is 382 g/mol. The normalized spacial score (nSPS) is 26.9. The van der Waals surface area contributed by atoms with Gasteiger partial charge in [0, 0.05) is 24.1 Å². The molecule has 0 spiro atoms. The lowest BCUT2D eigenvalue weighted by Gasteiger charge is -2.30. The van der Waals surface area contributed by atoms with Gasteiger partial charge in [0.25, 0.3) is 15.9 Å². The molecule has 1 aromatic rings. The van der Waals surface area contributed by atoms with E-state index < -0.39 is 26.7 Å². The van der Waals surface area contributed by atoms with E-state index in [-0.39, 0.29) is 5.71 Å². The summed E-state index contributed by atoms with van der Waals surface area (Å²) in [6.07, 6.45) is 1.14. The number of carbonyl (C=O) groups is 1. The minimum atomic E-state index is -3.85. The number of hydrogen-bond acceptors (Lipinski definition) is 6. The van der Waals surface area contributed by atoms with Crippen LogP contribution in [0, 0.1) is 0 Å². The largest absolute Gasteiger partial charge is 0.316 e. The van der Waals surface area contributed by atoms with Crippen LogP contribution in [-0.2, 0) is 14.8 Å². The van der Waals surface area contributed by atoms with Crippen LogP contribution in [0.5, 0.6) is 0 Å². The third kappa shape index (κ3) is 4.22. The summed E-state index contributed by atoms with van der Waals surface area (Å²) in [4.78, 5) is 17.5. The molecule has 27 heavy (non-hydrogen) atoms. The highest BCUT2D eigenvalue weighted by atomic mass is 32.2. The Kier molecular flexibility index (Phi) is 5.98. The number of nitrogens with one attached hydrogen (secondary N) is 1. The minimum absolute atomic E-state index is 0.140. The van der Waals surface area contributed by atoms with Crippen LogP contribution in [0.25, 0.3) is 0 Å². The Labute approximate surface area is 165 Å². The fourth-order valence-corrected chi connectivity index (χ4v) is 6.84. The van der Waals surface area contributed by atoms with Gasteiger partial charge in [-0.15, -0.1) is 0 Å². The summed E-state index contributed by atoms with van der Waals surface area (Å²) in [6, 6.07) is 8.90. The first-order valence-electron chi connectivity index (χ1n) is 9.23. The van der Waals surface area contributed by atoms with Crippen LogP contribution < -0.4 is 5.32 Å². The average Bonchev–Trinajstić information content (AvgIpc) is 3.16. The Morgan fingerprint density at radius 3 is 2.56 bits per heavy atom. The topological polar surface area (TPSA) is 78.8 Å². The van der Waals surface area contributed by atoms with E-state index in [1.165, 1.54) is 0 Å². The standard InChI is InChI=1S/C19H27N3O3S2/c1-19(2,3)22-18(23)16(21-11-12-26-15-9-10-20-13-15)17(27(22,24)25)14-7-5-4-6-8-14/h4-8,15,17,20H,9-13H2,1-3H3. The second kappa shape index (κ2) is 7.93. The lowest BCUT2D eigenvalue weighted by Crippen LogP contribution is -2.45. The Bertz CT molecular complexity index is 810. The van der Waals surface area contributed by atoms with Gasteiger partial charge in [-0.25, -0.2) is 12.7 Å². The summed E-state index contributed by atoms with van der Waals surface area (Å²) in [6.45, 7) is 7.68. The number of rotatable bonds is 5. The second-order valence-electron chi connectivity index (χ2n) is 7.83. The summed E-state index contributed by atoms with van der Waals surface area (Å²) in [5.74, 6) is 0.282. The van der Waals surface area contributed by atoms with Gasteiger partial charge in [-0.3, -0.25) is 9.79 Å². The van der Waals surface area contributed by atoms with E-state index in [1.807, 2.05) is 17.8 Å². The molecule has 1 amide bonds. The Morgan fingerprint density at radius 2 is 1.96 bits per heavy atom. The van der Waals surface area contributed by atoms with Crippen LogP contribution in [0.15, 0.2) is 35.3 Å². The molecule has 8 heteroatoms. The number of amides is 1. The number of hydrogen-bond donors (Lipinski definition) is 1. The third-order valence-corrected chi connectivity index (χ3v) is 8.26. The van der Waals surface area contributed by atoms with Crippen LogP contribution in [0.2, 0.25) is 0 Å². The zero-order chi connectivity index (χ0) is 19.7. The molecule has 1 N–H and O–H groups in total. The number of sulfonamides is 1. The third-order valence-electron chi connectivity index (χ3n) is 4.66. The molecule has 0 saturated carbocycles. The quantitative estimate of drug-likeness (QED) is 0.755. The number of benzene rings is 1. The van der Waals surface area contributed by atoms with Crippen molar-refractivity contribution in [2.24, 2.45) is 4.99 Å². The van der Waals surface area contributed by atoms with Gasteiger partial charge in [0.05, 0.1) is 5.54 Å². The van der Waals surface area contributed by atoms with Crippen molar-refractivity contribution in [2.75, 3.05) is 25.4 Å². The zero-order valence-corrected chi connectivity index (χ0v) is 17.6. The highest BCUT2D eigenvalue weighted by molar-refractivity contribution is 7.99. The number of aliphatic imine (C=N–C) groups is 1. The maximum absolute atomic E-state index is 13.2. The first-order chi connectivity index (χ1) is 12.7. The zero-order valence-electron chi connectivity index (χ0n) is 16.0. The van der Waals surface area contributed by atoms with Gasteiger partial charge in [0.2, 0.25) is 0 Å². The summed E-state index contributed by atoms with van der Waals surface area (Å²) in [5, 5.41) is 2.88. The molecular formula is C19H27N3O3S2. The molecule has 148 valence electrons. The van der Waals surface area contributed by atoms with Gasteiger partial charge in [-0.2, -0.15) is 11.8 Å². The lowest BCUT2D eigenvalue weighted by molar-refractivity contribution is -0.122. The molecule has 2 unspecified atom stereocenters. The highest BCUT2D eigenvalue weighted by Gasteiger charge is 2.54. The predicted molar refractivity (Wildman–Crippen MR) is 111 cm³/mol. The van der Waals surface area contributed by atoms with Crippen LogP contribution in [-0.4, -0.2) is 60.5 Å². The molecule has 2 saturated heterocycles. The van der Waals surface area contributed by atoms with Crippen molar-refractivity contribution in [3.8, 4) is 0 Å². The molecule has 6 nitrogen and oxygen atoms in total.